The van der Waals surface area contributed by atoms with Gasteiger partial charge in [0.1, 0.15) is 5.82 Å². The van der Waals surface area contributed by atoms with Crippen molar-refractivity contribution >= 4 is 27.6 Å². The van der Waals surface area contributed by atoms with Crippen LogP contribution in [0, 0.1) is 12.7 Å². The van der Waals surface area contributed by atoms with E-state index in [1.165, 1.54) is 30.0 Å². The van der Waals surface area contributed by atoms with Gasteiger partial charge in [-0.1, -0.05) is 12.1 Å². The number of hydrogen-bond acceptors (Lipinski definition) is 6. The molecule has 0 spiro atoms. The maximum atomic E-state index is 13.2. The molecule has 2 amide bonds. The van der Waals surface area contributed by atoms with Crippen LogP contribution < -0.4 is 4.72 Å². The zero-order valence-electron chi connectivity index (χ0n) is 13.3. The van der Waals surface area contributed by atoms with E-state index < -0.39 is 39.9 Å². The van der Waals surface area contributed by atoms with E-state index in [1.807, 2.05) is 0 Å². The van der Waals surface area contributed by atoms with Crippen molar-refractivity contribution in [3.05, 3.63) is 35.1 Å². The van der Waals surface area contributed by atoms with Gasteiger partial charge in [0.25, 0.3) is 5.91 Å². The van der Waals surface area contributed by atoms with Gasteiger partial charge in [0.05, 0.1) is 26.3 Å². The number of carbonyl (C=O) groups is 3. The SMILES string of the molecule is CON(Cc1ccc(F)c(C)c1)C(=O)CC(=O)C(=O)NS(C)(=O)=O. The third-order valence-corrected chi connectivity index (χ3v) is 3.45. The second-order valence-electron chi connectivity index (χ2n) is 5.00. The van der Waals surface area contributed by atoms with Crippen LogP contribution in [0.1, 0.15) is 17.5 Å². The number of halogens is 1. The van der Waals surface area contributed by atoms with Crippen LogP contribution in [0.15, 0.2) is 18.2 Å². The Morgan fingerprint density at radius 2 is 1.92 bits per heavy atom. The number of nitrogens with zero attached hydrogens (tertiary/aromatic N) is 1. The smallest absolute Gasteiger partial charge is 0.288 e. The summed E-state index contributed by atoms with van der Waals surface area (Å²) in [6.07, 6.45) is -0.159. The van der Waals surface area contributed by atoms with Gasteiger partial charge < -0.3 is 0 Å². The fourth-order valence-electron chi connectivity index (χ4n) is 1.76. The molecule has 1 rings (SSSR count). The highest BCUT2D eigenvalue weighted by Gasteiger charge is 2.24. The number of amides is 2. The van der Waals surface area contributed by atoms with Gasteiger partial charge in [-0.05, 0) is 24.1 Å². The van der Waals surface area contributed by atoms with E-state index >= 15 is 0 Å². The molecule has 0 fully saturated rings. The van der Waals surface area contributed by atoms with Gasteiger partial charge in [0.2, 0.25) is 15.8 Å². The minimum Gasteiger partial charge on any atom is -0.288 e. The Hall–Kier alpha value is -2.33. The van der Waals surface area contributed by atoms with Crippen LogP contribution in [0.5, 0.6) is 0 Å². The van der Waals surface area contributed by atoms with E-state index in [0.29, 0.717) is 17.4 Å². The summed E-state index contributed by atoms with van der Waals surface area (Å²) < 4.78 is 36.5. The molecule has 0 bridgehead atoms. The molecule has 10 heteroatoms. The van der Waals surface area contributed by atoms with Crippen LogP contribution in [-0.4, -0.2) is 44.4 Å². The summed E-state index contributed by atoms with van der Waals surface area (Å²) in [5.41, 5.74) is 0.928. The minimum absolute atomic E-state index is 0.0720. The molecule has 0 heterocycles. The number of nitrogens with one attached hydrogen (secondary N) is 1. The maximum Gasteiger partial charge on any atom is 0.301 e. The highest BCUT2D eigenvalue weighted by atomic mass is 32.2. The van der Waals surface area contributed by atoms with Crippen molar-refractivity contribution in [2.75, 3.05) is 13.4 Å². The van der Waals surface area contributed by atoms with Crippen LogP contribution in [0.25, 0.3) is 0 Å². The molecule has 0 radical (unpaired) electrons. The molecule has 8 nitrogen and oxygen atoms in total. The van der Waals surface area contributed by atoms with E-state index in [4.69, 9.17) is 4.84 Å². The predicted molar refractivity (Wildman–Crippen MR) is 81.3 cm³/mol. The first-order valence-electron chi connectivity index (χ1n) is 6.68. The first-order valence-corrected chi connectivity index (χ1v) is 8.57. The summed E-state index contributed by atoms with van der Waals surface area (Å²) >= 11 is 0. The summed E-state index contributed by atoms with van der Waals surface area (Å²) in [5.74, 6) is -3.86. The molecule has 1 aromatic rings. The number of aryl methyl sites for hydroxylation is 1. The van der Waals surface area contributed by atoms with Gasteiger partial charge in [-0.2, -0.15) is 0 Å². The third kappa shape index (κ3) is 6.05. The summed E-state index contributed by atoms with van der Waals surface area (Å²) in [6.45, 7) is 1.48. The summed E-state index contributed by atoms with van der Waals surface area (Å²) in [5, 5.41) is 0.818. The van der Waals surface area contributed by atoms with Crippen LogP contribution >= 0.6 is 0 Å². The van der Waals surface area contributed by atoms with Crippen LogP contribution in [0.4, 0.5) is 4.39 Å². The number of carbonyl (C=O) groups excluding carboxylic acids is 3. The summed E-state index contributed by atoms with van der Waals surface area (Å²) in [6, 6.07) is 4.18. The molecule has 0 aliphatic heterocycles. The topological polar surface area (TPSA) is 110 Å². The zero-order chi connectivity index (χ0) is 18.5. The molecular formula is C14H17FN2O6S. The van der Waals surface area contributed by atoms with Gasteiger partial charge >= 0.3 is 5.91 Å². The molecule has 0 aliphatic carbocycles. The predicted octanol–water partition coefficient (Wildman–Crippen LogP) is 0.0591. The first kappa shape index (κ1) is 19.7. The number of hydrogen-bond donors (Lipinski definition) is 1. The number of benzene rings is 1. The maximum absolute atomic E-state index is 13.2. The Bertz CT molecular complexity index is 763. The van der Waals surface area contributed by atoms with Crippen molar-refractivity contribution in [3.8, 4) is 0 Å². The van der Waals surface area contributed by atoms with Crippen molar-refractivity contribution in [3.63, 3.8) is 0 Å². The average Bonchev–Trinajstić information content (AvgIpc) is 2.46. The van der Waals surface area contributed by atoms with Crippen molar-refractivity contribution < 1.29 is 32.0 Å². The fraction of sp³-hybridized carbons (Fsp3) is 0.357. The second kappa shape index (κ2) is 7.97. The van der Waals surface area contributed by atoms with E-state index in [2.05, 4.69) is 0 Å². The lowest BCUT2D eigenvalue weighted by Crippen LogP contribution is -2.39. The lowest BCUT2D eigenvalue weighted by molar-refractivity contribution is -0.180. The molecule has 24 heavy (non-hydrogen) atoms. The van der Waals surface area contributed by atoms with Crippen molar-refractivity contribution in [1.29, 1.82) is 0 Å². The Labute approximate surface area is 138 Å². The second-order valence-corrected chi connectivity index (χ2v) is 6.75. The normalized spacial score (nSPS) is 11.0. The quantitative estimate of drug-likeness (QED) is 0.418. The van der Waals surface area contributed by atoms with Gasteiger partial charge in [-0.25, -0.2) is 22.6 Å². The zero-order valence-corrected chi connectivity index (χ0v) is 14.1. The number of ketones is 1. The molecule has 0 aromatic heterocycles. The average molecular weight is 360 g/mol. The Kier molecular flexibility index (Phi) is 6.55. The summed E-state index contributed by atoms with van der Waals surface area (Å²) in [7, 11) is -2.71. The highest BCUT2D eigenvalue weighted by molar-refractivity contribution is 7.89. The number of sulfonamides is 1. The van der Waals surface area contributed by atoms with Crippen molar-refractivity contribution in [2.24, 2.45) is 0 Å². The molecule has 0 saturated heterocycles. The standard InChI is InChI=1S/C14H17FN2O6S/c1-9-6-10(4-5-11(9)15)8-17(23-2)13(19)7-12(18)14(20)16-24(3,21)22/h4-6H,7-8H2,1-3H3,(H,16,20). The van der Waals surface area contributed by atoms with Crippen LogP contribution in [-0.2, 0) is 35.8 Å². The van der Waals surface area contributed by atoms with E-state index in [9.17, 15) is 27.2 Å². The lowest BCUT2D eigenvalue weighted by atomic mass is 10.1. The Balaban J connectivity index is 2.74. The van der Waals surface area contributed by atoms with Crippen molar-refractivity contribution in [1.82, 2.24) is 9.79 Å². The van der Waals surface area contributed by atoms with Crippen LogP contribution in [0.3, 0.4) is 0 Å². The fourth-order valence-corrected chi connectivity index (χ4v) is 2.21. The summed E-state index contributed by atoms with van der Waals surface area (Å²) in [4.78, 5) is 39.8. The van der Waals surface area contributed by atoms with Crippen LogP contribution in [0.2, 0.25) is 0 Å². The number of rotatable bonds is 7. The molecule has 0 saturated carbocycles. The minimum atomic E-state index is -3.90. The van der Waals surface area contributed by atoms with E-state index in [-0.39, 0.29) is 6.54 Å². The molecule has 0 aliphatic rings. The monoisotopic (exact) mass is 360 g/mol. The van der Waals surface area contributed by atoms with Gasteiger partial charge in [-0.15, -0.1) is 0 Å². The number of Topliss-reactive ketones (excluding diaryl/α,β-unsaturated/α-hetero) is 1. The van der Waals surface area contributed by atoms with E-state index in [0.717, 1.165) is 5.06 Å². The third-order valence-electron chi connectivity index (χ3n) is 2.89. The molecule has 1 aromatic carbocycles. The lowest BCUT2D eigenvalue weighted by Gasteiger charge is -2.19. The van der Waals surface area contributed by atoms with Crippen molar-refractivity contribution in [2.45, 2.75) is 19.9 Å². The largest absolute Gasteiger partial charge is 0.301 e. The molecular weight excluding hydrogens is 343 g/mol. The molecule has 1 N–H and O–H groups in total. The Morgan fingerprint density at radius 3 is 2.42 bits per heavy atom. The highest BCUT2D eigenvalue weighted by Crippen LogP contribution is 2.12. The number of hydroxylamine groups is 2. The molecule has 0 unspecified atom stereocenters. The molecule has 132 valence electrons. The van der Waals surface area contributed by atoms with Gasteiger partial charge in [-0.3, -0.25) is 19.2 Å². The van der Waals surface area contributed by atoms with Gasteiger partial charge in [0.15, 0.2) is 0 Å². The van der Waals surface area contributed by atoms with E-state index in [1.54, 1.807) is 6.92 Å². The first-order chi connectivity index (χ1) is 11.0. The van der Waals surface area contributed by atoms with Gasteiger partial charge in [0, 0.05) is 0 Å². The molecule has 0 atom stereocenters. The Morgan fingerprint density at radius 1 is 1.29 bits per heavy atom.